The first kappa shape index (κ1) is 9.21. The lowest BCUT2D eigenvalue weighted by atomic mass is 10.1. The zero-order valence-corrected chi connectivity index (χ0v) is 7.94. The van der Waals surface area contributed by atoms with Crippen LogP contribution in [0.5, 0.6) is 0 Å². The highest BCUT2D eigenvalue weighted by molar-refractivity contribution is 5.39. The van der Waals surface area contributed by atoms with Crippen LogP contribution < -0.4 is 11.1 Å². The lowest BCUT2D eigenvalue weighted by Crippen LogP contribution is -2.30. The highest BCUT2D eigenvalue weighted by Crippen LogP contribution is 2.12. The van der Waals surface area contributed by atoms with Crippen molar-refractivity contribution in [1.82, 2.24) is 9.97 Å². The van der Waals surface area contributed by atoms with Crippen molar-refractivity contribution in [2.45, 2.75) is 18.9 Å². The Morgan fingerprint density at radius 3 is 3.14 bits per heavy atom. The summed E-state index contributed by atoms with van der Waals surface area (Å²) in [6, 6.07) is 0.333. The highest BCUT2D eigenvalue weighted by atomic mass is 16.5. The molecule has 0 amide bonds. The Bertz CT molecular complexity index is 299. The third kappa shape index (κ3) is 2.32. The third-order valence-electron chi connectivity index (χ3n) is 2.17. The summed E-state index contributed by atoms with van der Waals surface area (Å²) >= 11 is 0. The Kier molecular flexibility index (Phi) is 2.78. The largest absolute Gasteiger partial charge is 0.382 e. The lowest BCUT2D eigenvalue weighted by molar-refractivity contribution is 0.0875. The average Bonchev–Trinajstić information content (AvgIpc) is 2.19. The summed E-state index contributed by atoms with van der Waals surface area (Å²) < 4.78 is 5.34. The first-order chi connectivity index (χ1) is 6.84. The topological polar surface area (TPSA) is 73.1 Å². The minimum absolute atomic E-state index is 0.333. The van der Waals surface area contributed by atoms with E-state index in [0.29, 0.717) is 11.9 Å². The fraction of sp³-hybridized carbons (Fsp3) is 0.556. The molecule has 76 valence electrons. The van der Waals surface area contributed by atoms with Gasteiger partial charge in [0.15, 0.2) is 0 Å². The molecule has 0 aliphatic carbocycles. The number of ether oxygens (including phenoxy) is 1. The average molecular weight is 194 g/mol. The van der Waals surface area contributed by atoms with E-state index in [1.165, 1.54) is 6.20 Å². The van der Waals surface area contributed by atoms with Crippen molar-refractivity contribution in [3.63, 3.8) is 0 Å². The predicted octanol–water partition coefficient (Wildman–Crippen LogP) is 0.650. The molecule has 2 rings (SSSR count). The number of nitrogens with one attached hydrogen (secondary N) is 1. The second-order valence-corrected chi connectivity index (χ2v) is 3.39. The maximum absolute atomic E-state index is 5.52. The smallest absolute Gasteiger partial charge is 0.147 e. The van der Waals surface area contributed by atoms with Crippen molar-refractivity contribution in [3.8, 4) is 0 Å². The van der Waals surface area contributed by atoms with Gasteiger partial charge >= 0.3 is 0 Å². The molecule has 1 aliphatic rings. The van der Waals surface area contributed by atoms with E-state index in [-0.39, 0.29) is 0 Å². The van der Waals surface area contributed by atoms with Crippen LogP contribution in [0, 0.1) is 0 Å². The van der Waals surface area contributed by atoms with E-state index in [0.717, 1.165) is 31.9 Å². The number of aromatic nitrogens is 2. The summed E-state index contributed by atoms with van der Waals surface area (Å²) in [5, 5.41) is 3.24. The molecule has 0 spiro atoms. The second-order valence-electron chi connectivity index (χ2n) is 3.39. The van der Waals surface area contributed by atoms with Crippen LogP contribution in [-0.2, 0) is 4.74 Å². The molecule has 1 fully saturated rings. The van der Waals surface area contributed by atoms with Gasteiger partial charge in [-0.3, -0.25) is 4.98 Å². The van der Waals surface area contributed by atoms with Gasteiger partial charge in [0.1, 0.15) is 11.6 Å². The molecule has 1 aliphatic heterocycles. The fourth-order valence-corrected chi connectivity index (χ4v) is 1.51. The summed E-state index contributed by atoms with van der Waals surface area (Å²) in [4.78, 5) is 8.07. The van der Waals surface area contributed by atoms with Gasteiger partial charge < -0.3 is 15.8 Å². The van der Waals surface area contributed by atoms with E-state index < -0.39 is 0 Å². The van der Waals surface area contributed by atoms with E-state index in [2.05, 4.69) is 15.3 Å². The van der Waals surface area contributed by atoms with Crippen molar-refractivity contribution in [1.29, 1.82) is 0 Å². The van der Waals surface area contributed by atoms with E-state index >= 15 is 0 Å². The van der Waals surface area contributed by atoms with Crippen LogP contribution >= 0.6 is 0 Å². The number of nitrogens with two attached hydrogens (primary N) is 1. The van der Waals surface area contributed by atoms with Gasteiger partial charge in [0.2, 0.25) is 0 Å². The molecule has 1 saturated heterocycles. The van der Waals surface area contributed by atoms with Gasteiger partial charge in [-0.1, -0.05) is 0 Å². The molecular weight excluding hydrogens is 180 g/mol. The summed E-state index contributed by atoms with van der Waals surface area (Å²) in [5.41, 5.74) is 5.52. The van der Waals surface area contributed by atoms with E-state index in [4.69, 9.17) is 10.5 Å². The van der Waals surface area contributed by atoms with E-state index in [1.54, 1.807) is 6.20 Å². The van der Waals surface area contributed by atoms with Crippen LogP contribution in [0.2, 0.25) is 0 Å². The van der Waals surface area contributed by atoms with Crippen LogP contribution in [0.3, 0.4) is 0 Å². The van der Waals surface area contributed by atoms with Crippen molar-refractivity contribution in [2.75, 3.05) is 24.3 Å². The zero-order valence-electron chi connectivity index (χ0n) is 7.94. The van der Waals surface area contributed by atoms with Crippen LogP contribution in [0.25, 0.3) is 0 Å². The summed E-state index contributed by atoms with van der Waals surface area (Å²) in [5.74, 6) is 1.16. The molecular formula is C9H14N4O. The van der Waals surface area contributed by atoms with Gasteiger partial charge in [0.25, 0.3) is 0 Å². The van der Waals surface area contributed by atoms with Crippen molar-refractivity contribution in [3.05, 3.63) is 12.4 Å². The molecule has 0 bridgehead atoms. The monoisotopic (exact) mass is 194 g/mol. The van der Waals surface area contributed by atoms with Gasteiger partial charge in [-0.2, -0.15) is 0 Å². The number of nitrogen functional groups attached to an aromatic ring is 1. The molecule has 5 heteroatoms. The molecule has 0 radical (unpaired) electrons. The van der Waals surface area contributed by atoms with Crippen LogP contribution in [-0.4, -0.2) is 29.2 Å². The number of rotatable bonds is 2. The van der Waals surface area contributed by atoms with Crippen LogP contribution in [0.15, 0.2) is 12.4 Å². The molecule has 5 nitrogen and oxygen atoms in total. The minimum atomic E-state index is 0.333. The number of nitrogens with zero attached hydrogens (tertiary/aromatic N) is 2. The van der Waals surface area contributed by atoms with Gasteiger partial charge in [0.05, 0.1) is 25.0 Å². The van der Waals surface area contributed by atoms with E-state index in [9.17, 15) is 0 Å². The second kappa shape index (κ2) is 4.23. The Balaban J connectivity index is 1.95. The fourth-order valence-electron chi connectivity index (χ4n) is 1.51. The van der Waals surface area contributed by atoms with Gasteiger partial charge in [0, 0.05) is 6.61 Å². The predicted molar refractivity (Wildman–Crippen MR) is 53.9 cm³/mol. The van der Waals surface area contributed by atoms with Gasteiger partial charge in [-0.25, -0.2) is 4.98 Å². The summed E-state index contributed by atoms with van der Waals surface area (Å²) in [7, 11) is 0. The Hall–Kier alpha value is -1.36. The Labute approximate surface area is 82.7 Å². The Morgan fingerprint density at radius 1 is 1.50 bits per heavy atom. The molecule has 3 N–H and O–H groups in total. The SMILES string of the molecule is Nc1cncc(NC2CCCOC2)n1. The minimum Gasteiger partial charge on any atom is -0.382 e. The van der Waals surface area contributed by atoms with E-state index in [1.807, 2.05) is 0 Å². The normalized spacial score (nSPS) is 21.9. The van der Waals surface area contributed by atoms with Crippen molar-refractivity contribution >= 4 is 11.6 Å². The lowest BCUT2D eigenvalue weighted by Gasteiger charge is -2.23. The molecule has 0 aromatic carbocycles. The van der Waals surface area contributed by atoms with Crippen molar-refractivity contribution in [2.24, 2.45) is 0 Å². The molecule has 0 saturated carbocycles. The first-order valence-electron chi connectivity index (χ1n) is 4.76. The van der Waals surface area contributed by atoms with Crippen LogP contribution in [0.1, 0.15) is 12.8 Å². The molecule has 1 aromatic heterocycles. The molecule has 2 heterocycles. The number of hydrogen-bond donors (Lipinski definition) is 2. The molecule has 1 unspecified atom stereocenters. The maximum atomic E-state index is 5.52. The first-order valence-corrected chi connectivity index (χ1v) is 4.76. The molecule has 1 atom stereocenters. The van der Waals surface area contributed by atoms with Gasteiger partial charge in [-0.05, 0) is 12.8 Å². The third-order valence-corrected chi connectivity index (χ3v) is 2.17. The standard InChI is InChI=1S/C9H14N4O/c10-8-4-11-5-9(13-8)12-7-2-1-3-14-6-7/h4-5,7H,1-3,6H2,(H3,10,12,13). The highest BCUT2D eigenvalue weighted by Gasteiger charge is 2.13. The van der Waals surface area contributed by atoms with Crippen LogP contribution in [0.4, 0.5) is 11.6 Å². The molecule has 1 aromatic rings. The summed E-state index contributed by atoms with van der Waals surface area (Å²) in [6.07, 6.45) is 5.40. The molecule has 14 heavy (non-hydrogen) atoms. The summed E-state index contributed by atoms with van der Waals surface area (Å²) in [6.45, 7) is 1.59. The van der Waals surface area contributed by atoms with Gasteiger partial charge in [-0.15, -0.1) is 0 Å². The van der Waals surface area contributed by atoms with Crippen molar-refractivity contribution < 1.29 is 4.74 Å². The quantitative estimate of drug-likeness (QED) is 0.723. The number of anilines is 2. The zero-order chi connectivity index (χ0) is 9.80. The number of hydrogen-bond acceptors (Lipinski definition) is 5. The maximum Gasteiger partial charge on any atom is 0.147 e. The Morgan fingerprint density at radius 2 is 2.43 bits per heavy atom.